The van der Waals surface area contributed by atoms with Crippen LogP contribution in [0.3, 0.4) is 0 Å². The lowest BCUT2D eigenvalue weighted by atomic mass is 10.1. The topological polar surface area (TPSA) is 506 Å². The highest BCUT2D eigenvalue weighted by Crippen LogP contribution is 2.50. The summed E-state index contributed by atoms with van der Waals surface area (Å²) in [6, 6.07) is 0. The van der Waals surface area contributed by atoms with Gasteiger partial charge in [-0.15, -0.1) is 0 Å². The first kappa shape index (κ1) is 49.9. The van der Waals surface area contributed by atoms with E-state index in [1.165, 1.54) is 35.9 Å². The number of aliphatic hydroxyl groups excluding tert-OH is 4. The van der Waals surface area contributed by atoms with Gasteiger partial charge in [-0.25, -0.2) is 27.4 Å². The number of aromatic amines is 2. The zero-order chi connectivity index (χ0) is 47.4. The number of fused-ring (bicyclic) bond motifs is 2. The molecular weight excluding hydrogens is 960 g/mol. The second-order valence-corrected chi connectivity index (χ2v) is 19.3. The Labute approximate surface area is 354 Å². The van der Waals surface area contributed by atoms with Crippen LogP contribution in [0, 0.1) is 0 Å². The maximum atomic E-state index is 12.9. The standard InChI is InChI=1S/C26H40N10O24P4/c1-33-7-35(19-13(33)21(41)31-25(27)29-19)23-17(39)15(37)11(57-23)5-55-63(49,50)53-3-9(59-61(43,44)45)10(60-62(46,47)48)4-54-64(51,52)56-6-12-16(38)18(40)24(58-12)36-8-34(2)14-20(36)30-26(28)32-22(14)42/h7-12,15-18,23-24,37-40H,3-6H2,1-2H3,(H10-2,27,28,29,30,31,32,41,42,43,44,45,46,47,48,49,50,51,52)/p+2/t9-,10?,11+,12+,15+,16+,17+,18+,23+,24+/m0/s1. The van der Waals surface area contributed by atoms with Gasteiger partial charge < -0.3 is 70.7 Å². The molecule has 0 bridgehead atoms. The van der Waals surface area contributed by atoms with Crippen molar-refractivity contribution in [2.45, 2.75) is 61.3 Å². The van der Waals surface area contributed by atoms with E-state index in [1.54, 1.807) is 0 Å². The molecule has 6 rings (SSSR count). The normalized spacial score (nSPS) is 27.2. The minimum atomic E-state index is -5.75. The molecule has 3 unspecified atom stereocenters. The number of nitrogens with one attached hydrogen (secondary N) is 2. The average molecular weight is 1000 g/mol. The third-order valence-electron chi connectivity index (χ3n) is 9.37. The van der Waals surface area contributed by atoms with Crippen molar-refractivity contribution < 1.29 is 114 Å². The van der Waals surface area contributed by atoms with Crippen LogP contribution in [0.2, 0.25) is 0 Å². The van der Waals surface area contributed by atoms with E-state index < -0.39 is 130 Å². The number of nitrogen functional groups attached to an aromatic ring is 2. The van der Waals surface area contributed by atoms with E-state index in [0.29, 0.717) is 0 Å². The maximum absolute atomic E-state index is 12.9. The molecule has 4 aromatic rings. The molecular formula is C26H42N10O24P4+2. The van der Waals surface area contributed by atoms with Gasteiger partial charge in [-0.2, -0.15) is 19.1 Å². The van der Waals surface area contributed by atoms with E-state index in [1.807, 2.05) is 0 Å². The first-order valence-corrected chi connectivity index (χ1v) is 23.9. The van der Waals surface area contributed by atoms with Gasteiger partial charge in [-0.05, 0) is 0 Å². The number of ether oxygens (including phenoxy) is 2. The van der Waals surface area contributed by atoms with Crippen LogP contribution in [0.15, 0.2) is 22.2 Å². The number of phosphoric acid groups is 4. The Balaban J connectivity index is 1.09. The molecule has 2 aliphatic heterocycles. The molecule has 0 amide bonds. The summed E-state index contributed by atoms with van der Waals surface area (Å²) >= 11 is 0. The summed E-state index contributed by atoms with van der Waals surface area (Å²) in [6.45, 7) is -5.22. The fourth-order valence-electron chi connectivity index (χ4n) is 6.61. The molecule has 4 aromatic heterocycles. The van der Waals surface area contributed by atoms with Gasteiger partial charge in [0.1, 0.15) is 48.8 Å². The van der Waals surface area contributed by atoms with Crippen molar-refractivity contribution in [2.75, 3.05) is 37.9 Å². The lowest BCUT2D eigenvalue weighted by molar-refractivity contribution is -0.646. The second-order valence-electron chi connectivity index (χ2n) is 14.0. The first-order valence-electron chi connectivity index (χ1n) is 17.8. The minimum Gasteiger partial charge on any atom is -0.387 e. The van der Waals surface area contributed by atoms with Crippen molar-refractivity contribution >= 4 is 65.5 Å². The van der Waals surface area contributed by atoms with Gasteiger partial charge in [0, 0.05) is 0 Å². The molecule has 0 radical (unpaired) electrons. The number of H-pyrrole nitrogens is 2. The van der Waals surface area contributed by atoms with Crippen LogP contribution in [0.5, 0.6) is 0 Å². The number of imidazole rings is 2. The lowest BCUT2D eigenvalue weighted by Gasteiger charge is -2.28. The Morgan fingerprint density at radius 1 is 0.656 bits per heavy atom. The van der Waals surface area contributed by atoms with E-state index in [4.69, 9.17) is 39.0 Å². The fourth-order valence-corrected chi connectivity index (χ4v) is 9.20. The van der Waals surface area contributed by atoms with Crippen molar-refractivity contribution in [1.29, 1.82) is 0 Å². The highest BCUT2D eigenvalue weighted by molar-refractivity contribution is 7.48. The fraction of sp³-hybridized carbons (Fsp3) is 0.615. The molecule has 6 heterocycles. The molecule has 0 aliphatic carbocycles. The van der Waals surface area contributed by atoms with Gasteiger partial charge >= 0.3 is 42.4 Å². The van der Waals surface area contributed by atoms with Crippen molar-refractivity contribution in [1.82, 2.24) is 29.1 Å². The molecule has 2 saturated heterocycles. The lowest BCUT2D eigenvalue weighted by Crippen LogP contribution is -2.38. The Morgan fingerprint density at radius 3 is 1.33 bits per heavy atom. The van der Waals surface area contributed by atoms with Gasteiger partial charge in [0.05, 0.1) is 40.5 Å². The summed E-state index contributed by atoms with van der Waals surface area (Å²) in [7, 11) is -19.5. The second kappa shape index (κ2) is 18.6. The molecule has 0 saturated carbocycles. The van der Waals surface area contributed by atoms with Crippen molar-refractivity contribution in [3.05, 3.63) is 33.4 Å². The summed E-state index contributed by atoms with van der Waals surface area (Å²) in [4.78, 5) is 96.2. The summed E-state index contributed by atoms with van der Waals surface area (Å²) in [6.07, 6.45) is -16.0. The van der Waals surface area contributed by atoms with Crippen LogP contribution >= 0.6 is 31.3 Å². The Morgan fingerprint density at radius 2 is 1.00 bits per heavy atom. The highest BCUT2D eigenvalue weighted by atomic mass is 31.2. The van der Waals surface area contributed by atoms with Gasteiger partial charge in [0.25, 0.3) is 22.3 Å². The van der Waals surface area contributed by atoms with Gasteiger partial charge in [0.15, 0.2) is 0 Å². The monoisotopic (exact) mass is 1000 g/mol. The van der Waals surface area contributed by atoms with Gasteiger partial charge in [0.2, 0.25) is 37.0 Å². The predicted octanol–water partition coefficient (Wildman–Crippen LogP) is -6.26. The zero-order valence-electron chi connectivity index (χ0n) is 32.6. The minimum absolute atomic E-state index is 0.0174. The van der Waals surface area contributed by atoms with Crippen molar-refractivity contribution in [2.24, 2.45) is 14.1 Å². The highest BCUT2D eigenvalue weighted by Gasteiger charge is 2.50. The van der Waals surface area contributed by atoms with E-state index in [-0.39, 0.29) is 34.2 Å². The Hall–Kier alpha value is -3.50. The molecule has 0 spiro atoms. The summed E-state index contributed by atoms with van der Waals surface area (Å²) < 4.78 is 93.5. The van der Waals surface area contributed by atoms with Gasteiger partial charge in [-0.1, -0.05) is 0 Å². The maximum Gasteiger partial charge on any atom is 0.472 e. The van der Waals surface area contributed by atoms with Crippen LogP contribution < -0.4 is 31.7 Å². The summed E-state index contributed by atoms with van der Waals surface area (Å²) in [5, 5.41) is 42.8. The van der Waals surface area contributed by atoms with E-state index in [0.717, 1.165) is 9.13 Å². The SMILES string of the molecule is C[n+]1cn([C@@H]2O[C@H](COP(=O)(O)OCC(OP(=O)(O)O)[C@H](COP(=O)(O)OC[C@H]3O[C@@H](n4c[n+](C)c5c(=O)[nH]c(N)nc54)[C@H](O)[C@@H]3O)OP(=O)(O)O)[C@@H](O)[C@H]2O)c2nc(N)[nH]c(=O)c21. The number of nitrogens with zero attached hydrogens (tertiary/aromatic N) is 6. The van der Waals surface area contributed by atoms with E-state index >= 15 is 0 Å². The predicted molar refractivity (Wildman–Crippen MR) is 201 cm³/mol. The molecule has 12 atom stereocenters. The first-order chi connectivity index (χ1) is 29.5. The number of aliphatic hydroxyl groups is 4. The third-order valence-corrected chi connectivity index (χ3v) is 12.4. The Bertz CT molecular complexity index is 2500. The molecule has 358 valence electrons. The smallest absolute Gasteiger partial charge is 0.387 e. The zero-order valence-corrected chi connectivity index (χ0v) is 36.1. The third kappa shape index (κ3) is 11.4. The van der Waals surface area contributed by atoms with Crippen LogP contribution in [-0.4, -0.2) is 154 Å². The quantitative estimate of drug-likeness (QED) is 0.0307. The number of rotatable bonds is 19. The number of aryl methyl sites for hydroxylation is 2. The van der Waals surface area contributed by atoms with Crippen LogP contribution in [0.25, 0.3) is 22.3 Å². The van der Waals surface area contributed by atoms with Crippen LogP contribution in [0.1, 0.15) is 12.5 Å². The molecule has 64 heavy (non-hydrogen) atoms. The molecule has 34 nitrogen and oxygen atoms in total. The number of hydrogen-bond acceptors (Lipinski definition) is 22. The number of hydrogen-bond donors (Lipinski definition) is 14. The number of anilines is 2. The van der Waals surface area contributed by atoms with Gasteiger partial charge in [-0.3, -0.25) is 46.7 Å². The molecule has 2 aliphatic rings. The van der Waals surface area contributed by atoms with Crippen LogP contribution in [-0.2, 0) is 69.0 Å². The number of nitrogens with two attached hydrogens (primary N) is 2. The molecule has 16 N–H and O–H groups in total. The van der Waals surface area contributed by atoms with E-state index in [9.17, 15) is 77.6 Å². The molecule has 38 heteroatoms. The average Bonchev–Trinajstić information content (AvgIpc) is 3.85. The summed E-state index contributed by atoms with van der Waals surface area (Å²) in [5.41, 5.74) is 9.72. The number of phosphoric ester groups is 4. The van der Waals surface area contributed by atoms with Crippen molar-refractivity contribution in [3.63, 3.8) is 0 Å². The molecule has 2 fully saturated rings. The summed E-state index contributed by atoms with van der Waals surface area (Å²) in [5.74, 6) is -0.614. The molecule has 0 aromatic carbocycles. The van der Waals surface area contributed by atoms with Crippen molar-refractivity contribution in [3.8, 4) is 0 Å². The number of aromatic nitrogens is 8. The van der Waals surface area contributed by atoms with Crippen LogP contribution in [0.4, 0.5) is 11.9 Å². The Kier molecular flexibility index (Phi) is 14.5. The van der Waals surface area contributed by atoms with E-state index in [2.05, 4.69) is 29.0 Å². The largest absolute Gasteiger partial charge is 0.472 e.